The van der Waals surface area contributed by atoms with Crippen LogP contribution in [0.25, 0.3) is 0 Å². The van der Waals surface area contributed by atoms with Crippen molar-refractivity contribution in [3.63, 3.8) is 0 Å². The Kier molecular flexibility index (Phi) is 5.46. The Morgan fingerprint density at radius 1 is 1.28 bits per heavy atom. The number of carbonyl (C=O) groups excluding carboxylic acids is 1. The molecule has 1 aromatic rings. The average molecular weight is 357 g/mol. The summed E-state index contributed by atoms with van der Waals surface area (Å²) in [6.45, 7) is 1.99. The molecule has 25 heavy (non-hydrogen) atoms. The number of piperidine rings is 1. The Bertz CT molecular complexity index is 603. The van der Waals surface area contributed by atoms with Crippen molar-refractivity contribution in [3.05, 3.63) is 23.9 Å². The van der Waals surface area contributed by atoms with Crippen LogP contribution < -0.4 is 10.2 Å². The summed E-state index contributed by atoms with van der Waals surface area (Å²) in [6.07, 6.45) is -0.197. The van der Waals surface area contributed by atoms with Gasteiger partial charge in [0.1, 0.15) is 5.82 Å². The number of anilines is 1. The molecule has 2 aliphatic heterocycles. The second-order valence-corrected chi connectivity index (χ2v) is 6.55. The maximum absolute atomic E-state index is 13.2. The normalized spacial score (nSPS) is 22.7. The fourth-order valence-corrected chi connectivity index (χ4v) is 3.41. The van der Waals surface area contributed by atoms with Gasteiger partial charge in [-0.15, -0.1) is 0 Å². The van der Waals surface area contributed by atoms with E-state index in [2.05, 4.69) is 10.3 Å². The van der Waals surface area contributed by atoms with Gasteiger partial charge in [0, 0.05) is 38.5 Å². The van der Waals surface area contributed by atoms with Crippen LogP contribution in [0.3, 0.4) is 0 Å². The lowest BCUT2D eigenvalue weighted by molar-refractivity contribution is -0.137. The third-order valence-electron chi connectivity index (χ3n) is 4.75. The van der Waals surface area contributed by atoms with Crippen molar-refractivity contribution < 1.29 is 22.7 Å². The van der Waals surface area contributed by atoms with Crippen LogP contribution in [0, 0.1) is 5.92 Å². The Balaban J connectivity index is 1.68. The first-order valence-corrected chi connectivity index (χ1v) is 8.60. The Morgan fingerprint density at radius 2 is 2.04 bits per heavy atom. The van der Waals surface area contributed by atoms with E-state index >= 15 is 0 Å². The zero-order valence-electron chi connectivity index (χ0n) is 13.9. The first kappa shape index (κ1) is 18.0. The zero-order chi connectivity index (χ0) is 17.9. The number of hydrogen-bond donors (Lipinski definition) is 1. The van der Waals surface area contributed by atoms with Crippen molar-refractivity contribution in [1.82, 2.24) is 10.3 Å². The number of amides is 1. The highest BCUT2D eigenvalue weighted by Gasteiger charge is 2.37. The minimum Gasteiger partial charge on any atom is -0.381 e. The van der Waals surface area contributed by atoms with Gasteiger partial charge >= 0.3 is 6.18 Å². The highest BCUT2D eigenvalue weighted by atomic mass is 19.4. The van der Waals surface area contributed by atoms with Crippen LogP contribution in [0.4, 0.5) is 19.0 Å². The molecular weight excluding hydrogens is 335 g/mol. The van der Waals surface area contributed by atoms with Crippen molar-refractivity contribution in [2.45, 2.75) is 37.9 Å². The van der Waals surface area contributed by atoms with Gasteiger partial charge in [0.25, 0.3) is 0 Å². The molecule has 2 saturated heterocycles. The molecule has 0 aromatic carbocycles. The number of aromatic nitrogens is 1. The second-order valence-electron chi connectivity index (χ2n) is 6.55. The number of ether oxygens (including phenoxy) is 1. The number of nitrogens with one attached hydrogen (secondary N) is 1. The highest BCUT2D eigenvalue weighted by molar-refractivity contribution is 5.80. The van der Waals surface area contributed by atoms with Crippen LogP contribution >= 0.6 is 0 Å². The van der Waals surface area contributed by atoms with Crippen LogP contribution in [0.5, 0.6) is 0 Å². The average Bonchev–Trinajstić information content (AvgIpc) is 2.62. The van der Waals surface area contributed by atoms with Crippen molar-refractivity contribution in [2.24, 2.45) is 5.92 Å². The molecule has 0 spiro atoms. The van der Waals surface area contributed by atoms with E-state index in [9.17, 15) is 18.0 Å². The van der Waals surface area contributed by atoms with Gasteiger partial charge in [-0.05, 0) is 37.8 Å². The topological polar surface area (TPSA) is 54.5 Å². The fraction of sp³-hybridized carbons (Fsp3) is 0.647. The zero-order valence-corrected chi connectivity index (χ0v) is 13.9. The van der Waals surface area contributed by atoms with Gasteiger partial charge in [-0.1, -0.05) is 0 Å². The predicted molar refractivity (Wildman–Crippen MR) is 86.2 cm³/mol. The molecule has 138 valence electrons. The Labute approximate surface area is 144 Å². The lowest BCUT2D eigenvalue weighted by Crippen LogP contribution is -2.47. The van der Waals surface area contributed by atoms with E-state index in [4.69, 9.17) is 4.74 Å². The molecule has 0 radical (unpaired) electrons. The summed E-state index contributed by atoms with van der Waals surface area (Å²) < 4.78 is 44.9. The van der Waals surface area contributed by atoms with E-state index in [1.165, 1.54) is 12.3 Å². The molecule has 0 saturated carbocycles. The van der Waals surface area contributed by atoms with Gasteiger partial charge < -0.3 is 15.0 Å². The molecule has 2 fully saturated rings. The molecule has 5 nitrogen and oxygen atoms in total. The fourth-order valence-electron chi connectivity index (χ4n) is 3.41. The number of hydrogen-bond acceptors (Lipinski definition) is 4. The summed E-state index contributed by atoms with van der Waals surface area (Å²) in [7, 11) is 0. The van der Waals surface area contributed by atoms with Crippen LogP contribution in [0.1, 0.15) is 31.2 Å². The third-order valence-corrected chi connectivity index (χ3v) is 4.75. The number of halogens is 3. The van der Waals surface area contributed by atoms with E-state index in [0.717, 1.165) is 18.9 Å². The van der Waals surface area contributed by atoms with Crippen molar-refractivity contribution in [3.8, 4) is 0 Å². The van der Waals surface area contributed by atoms with Crippen LogP contribution in [-0.2, 0) is 15.7 Å². The molecule has 2 aliphatic rings. The largest absolute Gasteiger partial charge is 0.419 e. The van der Waals surface area contributed by atoms with Crippen molar-refractivity contribution in [1.29, 1.82) is 0 Å². The van der Waals surface area contributed by atoms with Crippen molar-refractivity contribution >= 4 is 11.7 Å². The summed E-state index contributed by atoms with van der Waals surface area (Å²) in [4.78, 5) is 18.0. The standard InChI is InChI=1S/C17H22F3N3O2/c18-17(19,20)14-4-1-7-21-15(14)23-8-2-3-12(11-23)16(24)22-13-5-9-25-10-6-13/h1,4,7,12-13H,2-3,5-6,8-11H2,(H,22,24). The van der Waals surface area contributed by atoms with Crippen molar-refractivity contribution in [2.75, 3.05) is 31.2 Å². The smallest absolute Gasteiger partial charge is 0.381 e. The van der Waals surface area contributed by atoms with Crippen LogP contribution in [-0.4, -0.2) is 43.2 Å². The molecule has 0 aliphatic carbocycles. The van der Waals surface area contributed by atoms with E-state index in [0.29, 0.717) is 32.6 Å². The summed E-state index contributed by atoms with van der Waals surface area (Å²) in [6, 6.07) is 2.41. The summed E-state index contributed by atoms with van der Waals surface area (Å²) >= 11 is 0. The number of pyridine rings is 1. The van der Waals surface area contributed by atoms with Gasteiger partial charge in [0.05, 0.1) is 11.5 Å². The van der Waals surface area contributed by atoms with Gasteiger partial charge in [-0.2, -0.15) is 13.2 Å². The molecule has 0 bridgehead atoms. The van der Waals surface area contributed by atoms with E-state index in [-0.39, 0.29) is 30.2 Å². The molecular formula is C17H22F3N3O2. The lowest BCUT2D eigenvalue weighted by atomic mass is 9.95. The molecule has 3 rings (SSSR count). The van der Waals surface area contributed by atoms with Crippen LogP contribution in [0.15, 0.2) is 18.3 Å². The molecule has 8 heteroatoms. The number of alkyl halides is 3. The summed E-state index contributed by atoms with van der Waals surface area (Å²) in [5.74, 6) is -0.487. The molecule has 3 heterocycles. The summed E-state index contributed by atoms with van der Waals surface area (Å²) in [5, 5.41) is 3.02. The Hall–Kier alpha value is -1.83. The molecule has 1 amide bonds. The predicted octanol–water partition coefficient (Wildman–Crippen LogP) is 2.61. The number of nitrogens with zero attached hydrogens (tertiary/aromatic N) is 2. The SMILES string of the molecule is O=C(NC1CCOCC1)C1CCCN(c2ncccc2C(F)(F)F)C1. The summed E-state index contributed by atoms with van der Waals surface area (Å²) in [5.41, 5.74) is -0.750. The van der Waals surface area contributed by atoms with Gasteiger partial charge in [0.15, 0.2) is 0 Å². The number of rotatable bonds is 3. The second kappa shape index (κ2) is 7.59. The van der Waals surface area contributed by atoms with Gasteiger partial charge in [-0.3, -0.25) is 4.79 Å². The third kappa shape index (κ3) is 4.42. The molecule has 1 atom stereocenters. The minimum absolute atomic E-state index is 0.0823. The van der Waals surface area contributed by atoms with E-state index in [1.54, 1.807) is 4.90 Å². The minimum atomic E-state index is -4.46. The maximum Gasteiger partial charge on any atom is 0.419 e. The first-order chi connectivity index (χ1) is 11.9. The van der Waals surface area contributed by atoms with Gasteiger partial charge in [0.2, 0.25) is 5.91 Å². The monoisotopic (exact) mass is 357 g/mol. The number of carbonyl (C=O) groups is 1. The highest BCUT2D eigenvalue weighted by Crippen LogP contribution is 2.36. The quantitative estimate of drug-likeness (QED) is 0.904. The molecule has 1 unspecified atom stereocenters. The van der Waals surface area contributed by atoms with E-state index in [1.807, 2.05) is 0 Å². The van der Waals surface area contributed by atoms with Gasteiger partial charge in [-0.25, -0.2) is 4.98 Å². The Morgan fingerprint density at radius 3 is 2.76 bits per heavy atom. The maximum atomic E-state index is 13.2. The molecule has 1 N–H and O–H groups in total. The molecule has 1 aromatic heterocycles. The van der Waals surface area contributed by atoms with E-state index < -0.39 is 11.7 Å². The van der Waals surface area contributed by atoms with Crippen LogP contribution in [0.2, 0.25) is 0 Å². The lowest BCUT2D eigenvalue weighted by Gasteiger charge is -2.35. The first-order valence-electron chi connectivity index (χ1n) is 8.60.